The maximum absolute atomic E-state index is 13.0. The number of nitrogens with zero attached hydrogens (tertiary/aromatic N) is 1. The van der Waals surface area contributed by atoms with Crippen LogP contribution in [-0.2, 0) is 16.1 Å². The van der Waals surface area contributed by atoms with E-state index in [1.807, 2.05) is 30.3 Å². The van der Waals surface area contributed by atoms with E-state index >= 15 is 0 Å². The molecule has 0 aliphatic carbocycles. The van der Waals surface area contributed by atoms with Crippen molar-refractivity contribution in [2.24, 2.45) is 5.73 Å². The van der Waals surface area contributed by atoms with Crippen molar-refractivity contribution in [3.05, 3.63) is 35.9 Å². The molecule has 0 aromatic heterocycles. The van der Waals surface area contributed by atoms with Crippen molar-refractivity contribution < 1.29 is 16.1 Å². The summed E-state index contributed by atoms with van der Waals surface area (Å²) < 4.78 is 8.38. The van der Waals surface area contributed by atoms with Crippen LogP contribution in [0, 0.1) is 0 Å². The van der Waals surface area contributed by atoms with Gasteiger partial charge in [-0.25, -0.2) is 4.79 Å². The molecule has 1 saturated heterocycles. The summed E-state index contributed by atoms with van der Waals surface area (Å²) in [6.07, 6.45) is 3.20. The smallest absolute Gasteiger partial charge is 0.326 e. The first-order chi connectivity index (χ1) is 12.0. The average molecular weight is 334 g/mol. The maximum Gasteiger partial charge on any atom is 0.326 e. The number of amides is 1. The molecule has 132 valence electrons. The first kappa shape index (κ1) is 16.9. The van der Waals surface area contributed by atoms with Crippen LogP contribution in [0.2, 0.25) is 1.41 Å². The minimum absolute atomic E-state index is 0.257. The number of rotatable bonds is 9. The van der Waals surface area contributed by atoms with Gasteiger partial charge in [-0.05, 0) is 37.8 Å². The van der Waals surface area contributed by atoms with E-state index in [1.54, 1.807) is 0 Å². The fourth-order valence-corrected chi connectivity index (χ4v) is 3.05. The molecule has 0 radical (unpaired) electrons. The molecule has 1 aliphatic rings. The third kappa shape index (κ3) is 5.04. The van der Waals surface area contributed by atoms with Crippen LogP contribution in [0.4, 0.5) is 0 Å². The summed E-state index contributed by atoms with van der Waals surface area (Å²) in [7, 11) is 0. The summed E-state index contributed by atoms with van der Waals surface area (Å²) in [5.41, 5.74) is 6.49. The number of hydrogen-bond donors (Lipinski definition) is 3. The Balaban J connectivity index is 2.10. The first-order valence-electron chi connectivity index (χ1n) is 9.02. The quantitative estimate of drug-likeness (QED) is 0.593. The number of unbranched alkanes of at least 4 members (excludes halogenated alkanes) is 1. The SMILES string of the molecule is [2H]N(Cc1ccccc1)[C@@H](CCCCN)C(=O)N1CCC[C@H]1C(=O)O. The Morgan fingerprint density at radius 3 is 2.79 bits per heavy atom. The van der Waals surface area contributed by atoms with Gasteiger partial charge in [-0.1, -0.05) is 36.8 Å². The second-order valence-electron chi connectivity index (χ2n) is 6.15. The lowest BCUT2D eigenvalue weighted by atomic mass is 10.1. The van der Waals surface area contributed by atoms with Gasteiger partial charge in [0.05, 0.1) is 6.04 Å². The summed E-state index contributed by atoms with van der Waals surface area (Å²) in [6.45, 7) is 1.31. The number of nitrogens with one attached hydrogen (secondary N) is 1. The van der Waals surface area contributed by atoms with Crippen LogP contribution >= 0.6 is 0 Å². The second kappa shape index (κ2) is 9.39. The van der Waals surface area contributed by atoms with E-state index in [9.17, 15) is 14.7 Å². The van der Waals surface area contributed by atoms with Gasteiger partial charge in [-0.3, -0.25) is 4.79 Å². The lowest BCUT2D eigenvalue weighted by molar-refractivity contribution is -0.149. The van der Waals surface area contributed by atoms with Gasteiger partial charge in [0.1, 0.15) is 7.45 Å². The highest BCUT2D eigenvalue weighted by molar-refractivity contribution is 5.87. The third-order valence-corrected chi connectivity index (χ3v) is 4.37. The zero-order valence-electron chi connectivity index (χ0n) is 14.9. The molecule has 1 aromatic carbocycles. The van der Waals surface area contributed by atoms with Crippen LogP contribution in [-0.4, -0.2) is 47.1 Å². The number of carboxylic acid groups (broad SMARTS) is 1. The molecule has 0 bridgehead atoms. The molecule has 1 fully saturated rings. The van der Waals surface area contributed by atoms with Crippen molar-refractivity contribution in [1.82, 2.24) is 10.2 Å². The number of carbonyl (C=O) groups excluding carboxylic acids is 1. The van der Waals surface area contributed by atoms with Crippen molar-refractivity contribution in [2.75, 3.05) is 13.1 Å². The highest BCUT2D eigenvalue weighted by Crippen LogP contribution is 2.20. The van der Waals surface area contributed by atoms with Crippen LogP contribution in [0.3, 0.4) is 0 Å². The monoisotopic (exact) mass is 334 g/mol. The molecular formula is C18H27N3O3. The third-order valence-electron chi connectivity index (χ3n) is 4.37. The number of likely N-dealkylation sites (tertiary alicyclic amines) is 1. The number of benzene rings is 1. The predicted molar refractivity (Wildman–Crippen MR) is 92.3 cm³/mol. The number of aliphatic carboxylic acids is 1. The van der Waals surface area contributed by atoms with Crippen molar-refractivity contribution in [1.29, 1.82) is 0 Å². The Bertz CT molecular complexity index is 570. The minimum atomic E-state index is -0.967. The number of nitrogens with two attached hydrogens (primary N) is 1. The predicted octanol–water partition coefficient (Wildman–Crippen LogP) is 1.35. The summed E-state index contributed by atoms with van der Waals surface area (Å²) in [5, 5.41) is 10.6. The Morgan fingerprint density at radius 2 is 2.12 bits per heavy atom. The molecule has 1 heterocycles. The normalized spacial score (nSPS) is 19.3. The van der Waals surface area contributed by atoms with Gasteiger partial charge >= 0.3 is 5.97 Å². The van der Waals surface area contributed by atoms with Gasteiger partial charge < -0.3 is 21.0 Å². The van der Waals surface area contributed by atoms with Gasteiger partial charge in [0.2, 0.25) is 5.91 Å². The standard InChI is InChI=1S/C18H27N3O3/c19-11-5-4-9-15(20-13-14-7-2-1-3-8-14)17(22)21-12-6-10-16(21)18(23)24/h1-3,7-8,15-16,20H,4-6,9-13,19H2,(H,23,24)/t15-,16-/m0/s1/i/hD. The highest BCUT2D eigenvalue weighted by Gasteiger charge is 2.36. The minimum Gasteiger partial charge on any atom is -0.480 e. The molecular weight excluding hydrogens is 306 g/mol. The van der Waals surface area contributed by atoms with E-state index in [-0.39, 0.29) is 5.91 Å². The van der Waals surface area contributed by atoms with Gasteiger partial charge in [-0.15, -0.1) is 0 Å². The fourth-order valence-electron chi connectivity index (χ4n) is 3.05. The van der Waals surface area contributed by atoms with Crippen molar-refractivity contribution in [2.45, 2.75) is 50.7 Å². The second-order valence-corrected chi connectivity index (χ2v) is 6.15. The van der Waals surface area contributed by atoms with Crippen LogP contribution in [0.15, 0.2) is 30.3 Å². The van der Waals surface area contributed by atoms with Gasteiger partial charge in [-0.2, -0.15) is 0 Å². The van der Waals surface area contributed by atoms with E-state index in [0.29, 0.717) is 38.9 Å². The number of carbonyl (C=O) groups is 2. The molecule has 4 N–H and O–H groups in total. The van der Waals surface area contributed by atoms with Crippen molar-refractivity contribution in [3.8, 4) is 0 Å². The molecule has 0 saturated carbocycles. The Hall–Kier alpha value is -1.92. The summed E-state index contributed by atoms with van der Waals surface area (Å²) in [6, 6.07) is 8.12. The Labute approximate surface area is 144 Å². The van der Waals surface area contributed by atoms with Crippen molar-refractivity contribution in [3.63, 3.8) is 0 Å². The van der Waals surface area contributed by atoms with E-state index in [1.165, 1.54) is 10.2 Å². The van der Waals surface area contributed by atoms with Crippen LogP contribution < -0.4 is 11.0 Å². The zero-order valence-corrected chi connectivity index (χ0v) is 13.9. The van der Waals surface area contributed by atoms with E-state index < -0.39 is 18.1 Å². The van der Waals surface area contributed by atoms with Gasteiger partial charge in [0.25, 0.3) is 0 Å². The maximum atomic E-state index is 13.0. The highest BCUT2D eigenvalue weighted by atomic mass is 16.4. The molecule has 24 heavy (non-hydrogen) atoms. The number of hydrogen-bond acceptors (Lipinski definition) is 4. The van der Waals surface area contributed by atoms with E-state index in [4.69, 9.17) is 7.15 Å². The average Bonchev–Trinajstić information content (AvgIpc) is 3.09. The molecule has 0 spiro atoms. The molecule has 0 unspecified atom stereocenters. The van der Waals surface area contributed by atoms with Gasteiger partial charge in [0, 0.05) is 13.1 Å². The number of carboxylic acids is 1. The Kier molecular flexibility index (Phi) is 6.62. The zero-order chi connectivity index (χ0) is 18.2. The van der Waals surface area contributed by atoms with E-state index in [0.717, 1.165) is 18.4 Å². The largest absolute Gasteiger partial charge is 0.480 e. The molecule has 1 aromatic rings. The molecule has 1 aliphatic heterocycles. The summed E-state index contributed by atoms with van der Waals surface area (Å²) in [5.74, 6) is -1.22. The summed E-state index contributed by atoms with van der Waals surface area (Å²) >= 11 is 0. The lowest BCUT2D eigenvalue weighted by Crippen LogP contribution is -2.50. The van der Waals surface area contributed by atoms with Crippen LogP contribution in [0.5, 0.6) is 0 Å². The molecule has 2 atom stereocenters. The van der Waals surface area contributed by atoms with E-state index in [2.05, 4.69) is 0 Å². The molecule has 1 amide bonds. The topological polar surface area (TPSA) is 95.7 Å². The Morgan fingerprint density at radius 1 is 1.38 bits per heavy atom. The molecule has 6 nitrogen and oxygen atoms in total. The molecule has 6 heteroatoms. The summed E-state index contributed by atoms with van der Waals surface area (Å²) in [4.78, 5) is 25.8. The fraction of sp³-hybridized carbons (Fsp3) is 0.556. The van der Waals surface area contributed by atoms with Crippen LogP contribution in [0.25, 0.3) is 0 Å². The first-order valence-corrected chi connectivity index (χ1v) is 8.57. The molecule has 2 rings (SSSR count). The van der Waals surface area contributed by atoms with Gasteiger partial charge in [0.15, 0.2) is 0 Å². The van der Waals surface area contributed by atoms with Crippen LogP contribution in [0.1, 0.15) is 37.7 Å². The lowest BCUT2D eigenvalue weighted by Gasteiger charge is -2.27. The van der Waals surface area contributed by atoms with Crippen molar-refractivity contribution >= 4 is 11.9 Å².